The lowest BCUT2D eigenvalue weighted by atomic mass is 10.0. The number of hydrogen-bond acceptors (Lipinski definition) is 6. The Hall–Kier alpha value is -2.81. The van der Waals surface area contributed by atoms with Gasteiger partial charge in [0.2, 0.25) is 0 Å². The predicted molar refractivity (Wildman–Crippen MR) is 120 cm³/mol. The third-order valence-corrected chi connectivity index (χ3v) is 5.08. The number of hydrogen-bond donors (Lipinski definition) is 3. The number of pyridine rings is 1. The van der Waals surface area contributed by atoms with Crippen molar-refractivity contribution < 1.29 is 13.9 Å². The molecular formula is C23H30FN5O2. The zero-order valence-electron chi connectivity index (χ0n) is 18.2. The number of aromatic amines is 1. The molecule has 2 heterocycles. The third kappa shape index (κ3) is 6.10. The van der Waals surface area contributed by atoms with Crippen molar-refractivity contribution in [2.24, 2.45) is 5.73 Å². The largest absolute Gasteiger partial charge is 0.453 e. The van der Waals surface area contributed by atoms with Crippen molar-refractivity contribution in [1.82, 2.24) is 20.2 Å². The van der Waals surface area contributed by atoms with E-state index in [1.54, 1.807) is 24.4 Å². The number of ether oxygens (including phenoxy) is 1. The maximum Gasteiger partial charge on any atom is 0.165 e. The van der Waals surface area contributed by atoms with E-state index in [0.29, 0.717) is 17.0 Å². The van der Waals surface area contributed by atoms with Gasteiger partial charge in [0.1, 0.15) is 11.4 Å². The number of aromatic nitrogens is 2. The van der Waals surface area contributed by atoms with E-state index in [4.69, 9.17) is 10.5 Å². The van der Waals surface area contributed by atoms with Crippen LogP contribution in [-0.4, -0.2) is 60.4 Å². The molecule has 0 bridgehead atoms. The molecule has 166 valence electrons. The van der Waals surface area contributed by atoms with Gasteiger partial charge < -0.3 is 25.7 Å². The van der Waals surface area contributed by atoms with E-state index >= 15 is 0 Å². The molecule has 31 heavy (non-hydrogen) atoms. The summed E-state index contributed by atoms with van der Waals surface area (Å²) in [5.74, 6) is 0.0479. The first-order valence-corrected chi connectivity index (χ1v) is 10.4. The van der Waals surface area contributed by atoms with Crippen molar-refractivity contribution in [2.75, 3.05) is 33.7 Å². The molecule has 0 unspecified atom stereocenters. The number of ketones is 1. The number of nitrogens with two attached hydrogens (primary N) is 1. The van der Waals surface area contributed by atoms with Gasteiger partial charge in [-0.3, -0.25) is 4.79 Å². The highest BCUT2D eigenvalue weighted by Crippen LogP contribution is 2.32. The van der Waals surface area contributed by atoms with Gasteiger partial charge in [-0.1, -0.05) is 6.07 Å². The minimum atomic E-state index is -0.685. The topological polar surface area (TPSA) is 96.3 Å². The van der Waals surface area contributed by atoms with E-state index in [1.165, 1.54) is 6.07 Å². The summed E-state index contributed by atoms with van der Waals surface area (Å²) in [5.41, 5.74) is 8.33. The second-order valence-electron chi connectivity index (χ2n) is 7.98. The molecule has 4 N–H and O–H groups in total. The molecule has 0 fully saturated rings. The molecule has 7 nitrogen and oxygen atoms in total. The summed E-state index contributed by atoms with van der Waals surface area (Å²) in [5, 5.41) is 3.93. The maximum absolute atomic E-state index is 14.7. The van der Waals surface area contributed by atoms with E-state index in [0.717, 1.165) is 30.5 Å². The Morgan fingerprint density at radius 1 is 1.32 bits per heavy atom. The highest BCUT2D eigenvalue weighted by Gasteiger charge is 2.16. The van der Waals surface area contributed by atoms with Crippen LogP contribution in [0.25, 0.3) is 11.0 Å². The predicted octanol–water partition coefficient (Wildman–Crippen LogP) is 2.78. The zero-order chi connectivity index (χ0) is 22.4. The van der Waals surface area contributed by atoms with Crippen LogP contribution in [0, 0.1) is 12.7 Å². The number of nitrogens with one attached hydrogen (secondary N) is 2. The van der Waals surface area contributed by atoms with Gasteiger partial charge in [0.05, 0.1) is 18.0 Å². The van der Waals surface area contributed by atoms with Crippen molar-refractivity contribution in [2.45, 2.75) is 25.8 Å². The Labute approximate surface area is 181 Å². The molecule has 0 saturated carbocycles. The lowest BCUT2D eigenvalue weighted by molar-refractivity contribution is -0.119. The first-order valence-electron chi connectivity index (χ1n) is 10.4. The highest BCUT2D eigenvalue weighted by molar-refractivity contribution is 5.86. The summed E-state index contributed by atoms with van der Waals surface area (Å²) in [6.07, 6.45) is 4.67. The Morgan fingerprint density at radius 2 is 2.13 bits per heavy atom. The maximum atomic E-state index is 14.7. The standard InChI is InChI=1S/C23H30FN5O2/c1-15-13-28-23-22(15)21(7-9-27-23)31-20-6-5-16(11-17(20)24)12-18(25)19(30)14-26-8-4-10-29(2)3/h5-7,9,11,13,18,26H,4,8,10,12,14,25H2,1-3H3,(H,27,28)/t18-/m0/s1. The molecule has 1 atom stereocenters. The average molecular weight is 428 g/mol. The molecule has 0 spiro atoms. The number of carbonyl (C=O) groups is 1. The summed E-state index contributed by atoms with van der Waals surface area (Å²) >= 11 is 0. The smallest absolute Gasteiger partial charge is 0.165 e. The molecule has 8 heteroatoms. The lowest BCUT2D eigenvalue weighted by Gasteiger charge is -2.14. The summed E-state index contributed by atoms with van der Waals surface area (Å²) < 4.78 is 20.5. The molecule has 0 aliphatic carbocycles. The SMILES string of the molecule is Cc1c[nH]c2nccc(Oc3ccc(C[C@H](N)C(=O)CNCCCN(C)C)cc3F)c12. The Balaban J connectivity index is 1.57. The minimum Gasteiger partial charge on any atom is -0.453 e. The first-order chi connectivity index (χ1) is 14.8. The number of rotatable bonds is 11. The van der Waals surface area contributed by atoms with Crippen LogP contribution in [0.1, 0.15) is 17.5 Å². The van der Waals surface area contributed by atoms with Gasteiger partial charge in [0.15, 0.2) is 17.3 Å². The summed E-state index contributed by atoms with van der Waals surface area (Å²) in [6, 6.07) is 5.69. The van der Waals surface area contributed by atoms with Gasteiger partial charge in [-0.15, -0.1) is 0 Å². The van der Waals surface area contributed by atoms with Crippen LogP contribution in [0.2, 0.25) is 0 Å². The lowest BCUT2D eigenvalue weighted by Crippen LogP contribution is -2.39. The molecule has 0 aliphatic heterocycles. The number of Topliss-reactive ketones (excluding diaryl/α,β-unsaturated/α-hetero) is 1. The monoisotopic (exact) mass is 427 g/mol. The quantitative estimate of drug-likeness (QED) is 0.407. The van der Waals surface area contributed by atoms with Crippen molar-refractivity contribution in [1.29, 1.82) is 0 Å². The number of benzene rings is 1. The molecule has 0 aliphatic rings. The molecular weight excluding hydrogens is 397 g/mol. The Bertz CT molecular complexity index is 1030. The Kier molecular flexibility index (Phi) is 7.73. The van der Waals surface area contributed by atoms with Crippen molar-refractivity contribution in [3.05, 3.63) is 53.6 Å². The van der Waals surface area contributed by atoms with Crippen molar-refractivity contribution in [3.8, 4) is 11.5 Å². The molecule has 2 aromatic heterocycles. The second-order valence-corrected chi connectivity index (χ2v) is 7.98. The Morgan fingerprint density at radius 3 is 2.87 bits per heavy atom. The van der Waals surface area contributed by atoms with E-state index in [2.05, 4.69) is 20.2 Å². The fourth-order valence-electron chi connectivity index (χ4n) is 3.37. The fraction of sp³-hybridized carbons (Fsp3) is 0.391. The summed E-state index contributed by atoms with van der Waals surface area (Å²) in [4.78, 5) is 21.6. The first kappa shape index (κ1) is 22.9. The van der Waals surface area contributed by atoms with Crippen LogP contribution in [0.5, 0.6) is 11.5 Å². The second kappa shape index (κ2) is 10.5. The van der Waals surface area contributed by atoms with Crippen LogP contribution >= 0.6 is 0 Å². The van der Waals surface area contributed by atoms with Crippen LogP contribution < -0.4 is 15.8 Å². The number of aryl methyl sites for hydroxylation is 1. The zero-order valence-corrected chi connectivity index (χ0v) is 18.2. The minimum absolute atomic E-state index is 0.0901. The van der Waals surface area contributed by atoms with Crippen LogP contribution in [0.4, 0.5) is 4.39 Å². The third-order valence-electron chi connectivity index (χ3n) is 5.08. The van der Waals surface area contributed by atoms with Gasteiger partial charge in [0.25, 0.3) is 0 Å². The van der Waals surface area contributed by atoms with Gasteiger partial charge in [-0.25, -0.2) is 9.37 Å². The molecule has 0 radical (unpaired) electrons. The summed E-state index contributed by atoms with van der Waals surface area (Å²) in [6.45, 7) is 3.85. The van der Waals surface area contributed by atoms with E-state index in [-0.39, 0.29) is 24.5 Å². The van der Waals surface area contributed by atoms with E-state index in [1.807, 2.05) is 27.2 Å². The van der Waals surface area contributed by atoms with Crippen molar-refractivity contribution in [3.63, 3.8) is 0 Å². The molecule has 3 aromatic rings. The summed E-state index contributed by atoms with van der Waals surface area (Å²) in [7, 11) is 4.02. The van der Waals surface area contributed by atoms with Gasteiger partial charge in [-0.05, 0) is 76.3 Å². The normalized spacial score (nSPS) is 12.5. The fourth-order valence-corrected chi connectivity index (χ4v) is 3.37. The van der Waals surface area contributed by atoms with Gasteiger partial charge in [-0.2, -0.15) is 0 Å². The molecule has 1 aromatic carbocycles. The van der Waals surface area contributed by atoms with Crippen molar-refractivity contribution >= 4 is 16.8 Å². The number of nitrogens with zero attached hydrogens (tertiary/aromatic N) is 2. The average Bonchev–Trinajstić information content (AvgIpc) is 3.11. The molecule has 3 rings (SSSR count). The number of halogens is 1. The number of fused-ring (bicyclic) bond motifs is 1. The van der Waals surface area contributed by atoms with Gasteiger partial charge in [0, 0.05) is 12.4 Å². The van der Waals surface area contributed by atoms with E-state index < -0.39 is 11.9 Å². The number of carbonyl (C=O) groups excluding carboxylic acids is 1. The number of H-pyrrole nitrogens is 1. The highest BCUT2D eigenvalue weighted by atomic mass is 19.1. The molecule has 0 saturated heterocycles. The van der Waals surface area contributed by atoms with Gasteiger partial charge >= 0.3 is 0 Å². The van der Waals surface area contributed by atoms with Crippen LogP contribution in [-0.2, 0) is 11.2 Å². The van der Waals surface area contributed by atoms with Crippen LogP contribution in [0.3, 0.4) is 0 Å². The molecule has 0 amide bonds. The van der Waals surface area contributed by atoms with E-state index in [9.17, 15) is 9.18 Å². The van der Waals surface area contributed by atoms with Crippen LogP contribution in [0.15, 0.2) is 36.7 Å².